The van der Waals surface area contributed by atoms with Crippen molar-refractivity contribution in [2.45, 2.75) is 24.7 Å². The first-order valence-electron chi connectivity index (χ1n) is 8.84. The molecule has 2 atom stereocenters. The van der Waals surface area contributed by atoms with E-state index in [1.165, 1.54) is 16.9 Å². The van der Waals surface area contributed by atoms with Crippen LogP contribution in [-0.2, 0) is 12.6 Å². The molecular formula is C19H18F3N5O. The van der Waals surface area contributed by atoms with Crippen LogP contribution in [0.15, 0.2) is 48.5 Å². The van der Waals surface area contributed by atoms with Crippen LogP contribution in [0.25, 0.3) is 11.4 Å². The fourth-order valence-corrected chi connectivity index (χ4v) is 3.28. The summed E-state index contributed by atoms with van der Waals surface area (Å²) < 4.78 is 38.2. The van der Waals surface area contributed by atoms with Crippen LogP contribution in [0, 0.1) is 0 Å². The molecule has 1 aliphatic rings. The molecular weight excluding hydrogens is 371 g/mol. The van der Waals surface area contributed by atoms with Gasteiger partial charge in [-0.3, -0.25) is 0 Å². The Morgan fingerprint density at radius 3 is 2.50 bits per heavy atom. The third-order valence-electron chi connectivity index (χ3n) is 4.81. The van der Waals surface area contributed by atoms with Crippen molar-refractivity contribution >= 4 is 0 Å². The molecule has 146 valence electrons. The monoisotopic (exact) mass is 389 g/mol. The quantitative estimate of drug-likeness (QED) is 0.717. The van der Waals surface area contributed by atoms with Crippen LogP contribution < -0.4 is 5.32 Å². The minimum Gasteiger partial charge on any atom is -0.389 e. The zero-order chi connectivity index (χ0) is 19.7. The number of nitrogens with zero attached hydrogens (tertiary/aromatic N) is 4. The van der Waals surface area contributed by atoms with E-state index in [9.17, 15) is 18.3 Å². The van der Waals surface area contributed by atoms with Crippen LogP contribution in [0.1, 0.15) is 22.7 Å². The molecule has 2 heterocycles. The molecule has 1 fully saturated rings. The number of alkyl halides is 3. The minimum atomic E-state index is -4.35. The molecule has 28 heavy (non-hydrogen) atoms. The smallest absolute Gasteiger partial charge is 0.389 e. The maximum Gasteiger partial charge on any atom is 0.416 e. The van der Waals surface area contributed by atoms with Crippen molar-refractivity contribution in [1.82, 2.24) is 25.5 Å². The van der Waals surface area contributed by atoms with Gasteiger partial charge in [-0.25, -0.2) is 0 Å². The second-order valence-electron chi connectivity index (χ2n) is 6.75. The van der Waals surface area contributed by atoms with Gasteiger partial charge in [0.15, 0.2) is 0 Å². The molecule has 3 aromatic rings. The van der Waals surface area contributed by atoms with E-state index < -0.39 is 17.8 Å². The Hall–Kier alpha value is -2.78. The first-order chi connectivity index (χ1) is 13.4. The molecule has 2 aromatic carbocycles. The molecule has 1 aromatic heterocycles. The summed E-state index contributed by atoms with van der Waals surface area (Å²) in [6.07, 6.45) is -4.49. The molecule has 9 heteroatoms. The molecule has 0 aliphatic carbocycles. The Balaban J connectivity index is 1.58. The molecule has 0 spiro atoms. The van der Waals surface area contributed by atoms with E-state index in [0.29, 0.717) is 25.3 Å². The highest BCUT2D eigenvalue weighted by atomic mass is 19.4. The number of halogens is 3. The number of aliphatic hydroxyl groups is 1. The van der Waals surface area contributed by atoms with Crippen LogP contribution in [0.5, 0.6) is 0 Å². The highest BCUT2D eigenvalue weighted by molar-refractivity contribution is 5.60. The van der Waals surface area contributed by atoms with E-state index in [4.69, 9.17) is 0 Å². The molecule has 2 N–H and O–H groups in total. The largest absolute Gasteiger partial charge is 0.416 e. The van der Waals surface area contributed by atoms with E-state index in [0.717, 1.165) is 28.8 Å². The summed E-state index contributed by atoms with van der Waals surface area (Å²) in [5.74, 6) is 0.418. The van der Waals surface area contributed by atoms with Gasteiger partial charge in [0.05, 0.1) is 11.7 Å². The van der Waals surface area contributed by atoms with Crippen molar-refractivity contribution in [3.8, 4) is 11.4 Å². The Bertz CT molecular complexity index is 955. The zero-order valence-corrected chi connectivity index (χ0v) is 14.8. The highest BCUT2D eigenvalue weighted by Gasteiger charge is 2.30. The lowest BCUT2D eigenvalue weighted by Gasteiger charge is -2.11. The lowest BCUT2D eigenvalue weighted by atomic mass is 9.98. The van der Waals surface area contributed by atoms with Gasteiger partial charge in [-0.1, -0.05) is 36.4 Å². The standard InChI is InChI=1S/C19H18F3N5O/c20-19(21,22)14-7-5-12(6-8-14)9-13-3-1-2-4-15(13)18-24-26-27(25-18)16-10-23-11-17(16)28/h1-8,16-17,23,28H,9-11H2/t16-,17-/m0/s1. The van der Waals surface area contributed by atoms with Crippen LogP contribution in [0.3, 0.4) is 0 Å². The average Bonchev–Trinajstić information content (AvgIpc) is 3.31. The lowest BCUT2D eigenvalue weighted by molar-refractivity contribution is -0.137. The minimum absolute atomic E-state index is 0.275. The van der Waals surface area contributed by atoms with Gasteiger partial charge < -0.3 is 10.4 Å². The summed E-state index contributed by atoms with van der Waals surface area (Å²) in [6.45, 7) is 1.04. The van der Waals surface area contributed by atoms with Crippen molar-refractivity contribution < 1.29 is 18.3 Å². The van der Waals surface area contributed by atoms with E-state index in [2.05, 4.69) is 20.7 Å². The van der Waals surface area contributed by atoms with Crippen molar-refractivity contribution in [2.75, 3.05) is 13.1 Å². The summed E-state index contributed by atoms with van der Waals surface area (Å²) in [5.41, 5.74) is 1.72. The fraction of sp³-hybridized carbons (Fsp3) is 0.316. The fourth-order valence-electron chi connectivity index (χ4n) is 3.28. The molecule has 0 amide bonds. The van der Waals surface area contributed by atoms with Gasteiger partial charge in [-0.05, 0) is 34.9 Å². The van der Waals surface area contributed by atoms with Crippen LogP contribution in [-0.4, -0.2) is 44.5 Å². The predicted octanol–water partition coefficient (Wildman–Crippen LogP) is 2.45. The Labute approximate surface area is 159 Å². The normalized spacial score (nSPS) is 19.9. The van der Waals surface area contributed by atoms with Gasteiger partial charge in [0.2, 0.25) is 5.82 Å². The maximum atomic E-state index is 12.7. The molecule has 0 saturated carbocycles. The molecule has 0 radical (unpaired) electrons. The summed E-state index contributed by atoms with van der Waals surface area (Å²) in [6, 6.07) is 12.3. The van der Waals surface area contributed by atoms with Crippen LogP contribution >= 0.6 is 0 Å². The number of aliphatic hydroxyl groups excluding tert-OH is 1. The van der Waals surface area contributed by atoms with Gasteiger partial charge in [0.25, 0.3) is 0 Å². The number of hydrogen-bond acceptors (Lipinski definition) is 5. The number of nitrogens with one attached hydrogen (secondary N) is 1. The molecule has 0 unspecified atom stereocenters. The lowest BCUT2D eigenvalue weighted by Crippen LogP contribution is -2.24. The first-order valence-corrected chi connectivity index (χ1v) is 8.84. The first kappa shape index (κ1) is 18.6. The van der Waals surface area contributed by atoms with Crippen molar-refractivity contribution in [3.05, 3.63) is 65.2 Å². The molecule has 1 aliphatic heterocycles. The van der Waals surface area contributed by atoms with E-state index >= 15 is 0 Å². The van der Waals surface area contributed by atoms with Gasteiger partial charge in [0, 0.05) is 18.7 Å². The van der Waals surface area contributed by atoms with Gasteiger partial charge in [-0.15, -0.1) is 10.2 Å². The Morgan fingerprint density at radius 1 is 1.07 bits per heavy atom. The SMILES string of the molecule is O[C@H]1CNC[C@@H]1n1nnc(-c2ccccc2Cc2ccc(C(F)(F)F)cc2)n1. The molecule has 1 saturated heterocycles. The van der Waals surface area contributed by atoms with E-state index in [1.54, 1.807) is 0 Å². The van der Waals surface area contributed by atoms with Crippen LogP contribution in [0.2, 0.25) is 0 Å². The summed E-state index contributed by atoms with van der Waals surface area (Å²) in [5, 5.41) is 25.6. The summed E-state index contributed by atoms with van der Waals surface area (Å²) >= 11 is 0. The van der Waals surface area contributed by atoms with Crippen LogP contribution in [0.4, 0.5) is 13.2 Å². The average molecular weight is 389 g/mol. The Kier molecular flexibility index (Phi) is 4.86. The molecule has 6 nitrogen and oxygen atoms in total. The summed E-state index contributed by atoms with van der Waals surface area (Å²) in [4.78, 5) is 1.41. The number of benzene rings is 2. The summed E-state index contributed by atoms with van der Waals surface area (Å²) in [7, 11) is 0. The zero-order valence-electron chi connectivity index (χ0n) is 14.8. The third-order valence-corrected chi connectivity index (χ3v) is 4.81. The number of tetrazole rings is 1. The van der Waals surface area contributed by atoms with Crippen molar-refractivity contribution in [2.24, 2.45) is 0 Å². The molecule has 0 bridgehead atoms. The number of β-amino-alcohol motifs (C(OH)–C–C–N with tert-alkyl or cyclic N) is 1. The van der Waals surface area contributed by atoms with Gasteiger partial charge in [-0.2, -0.15) is 18.0 Å². The van der Waals surface area contributed by atoms with Gasteiger partial charge >= 0.3 is 6.18 Å². The predicted molar refractivity (Wildman–Crippen MR) is 95.4 cm³/mol. The third kappa shape index (κ3) is 3.76. The second kappa shape index (κ2) is 7.33. The van der Waals surface area contributed by atoms with E-state index in [-0.39, 0.29) is 6.04 Å². The van der Waals surface area contributed by atoms with E-state index in [1.807, 2.05) is 24.3 Å². The molecule has 4 rings (SSSR count). The topological polar surface area (TPSA) is 75.9 Å². The maximum absolute atomic E-state index is 12.7. The number of rotatable bonds is 4. The highest BCUT2D eigenvalue weighted by Crippen LogP contribution is 2.30. The number of aromatic nitrogens is 4. The van der Waals surface area contributed by atoms with Crippen molar-refractivity contribution in [3.63, 3.8) is 0 Å². The van der Waals surface area contributed by atoms with Gasteiger partial charge in [0.1, 0.15) is 6.04 Å². The van der Waals surface area contributed by atoms with Crippen molar-refractivity contribution in [1.29, 1.82) is 0 Å². The second-order valence-corrected chi connectivity index (χ2v) is 6.75. The Morgan fingerprint density at radius 2 is 1.82 bits per heavy atom. The number of hydrogen-bond donors (Lipinski definition) is 2.